The summed E-state index contributed by atoms with van der Waals surface area (Å²) in [6.45, 7) is 3.48. The summed E-state index contributed by atoms with van der Waals surface area (Å²) in [7, 11) is -4.43. The lowest BCUT2D eigenvalue weighted by Gasteiger charge is -2.15. The predicted octanol–water partition coefficient (Wildman–Crippen LogP) is 15.6. The SMILES string of the molecule is CCCCC/C=C\C/C=C\C/C=C\C/C=C\CCCCCCCC(=O)OCC(O)COP(=O)(O)OCCNC(=O)CCCCCCCCCCCC/C=C\C/C=C\C/C=C\CCCCC. The van der Waals surface area contributed by atoms with Gasteiger partial charge in [-0.3, -0.25) is 18.6 Å². The van der Waals surface area contributed by atoms with Gasteiger partial charge in [0.25, 0.3) is 0 Å². The van der Waals surface area contributed by atoms with E-state index in [9.17, 15) is 24.2 Å². The van der Waals surface area contributed by atoms with Crippen molar-refractivity contribution < 1.29 is 37.9 Å². The van der Waals surface area contributed by atoms with E-state index in [1.165, 1.54) is 103 Å². The van der Waals surface area contributed by atoms with Crippen LogP contribution in [-0.4, -0.2) is 54.3 Å². The topological polar surface area (TPSA) is 131 Å². The maximum atomic E-state index is 12.2. The Bertz CT molecular complexity index is 1340. The number of ether oxygens (including phenoxy) is 1. The molecule has 0 saturated heterocycles. The summed E-state index contributed by atoms with van der Waals surface area (Å²) in [5, 5.41) is 12.8. The first kappa shape index (κ1) is 62.2. The van der Waals surface area contributed by atoms with Gasteiger partial charge in [-0.15, -0.1) is 0 Å². The molecule has 2 atom stereocenters. The van der Waals surface area contributed by atoms with Crippen molar-refractivity contribution in [2.75, 3.05) is 26.4 Å². The highest BCUT2D eigenvalue weighted by atomic mass is 31.2. The molecule has 0 aliphatic carbocycles. The molecule has 0 aliphatic heterocycles. The highest BCUT2D eigenvalue weighted by Gasteiger charge is 2.23. The van der Waals surface area contributed by atoms with Crippen molar-refractivity contribution in [3.05, 3.63) is 85.1 Å². The van der Waals surface area contributed by atoms with Gasteiger partial charge in [0.15, 0.2) is 0 Å². The maximum Gasteiger partial charge on any atom is 0.472 e. The summed E-state index contributed by atoms with van der Waals surface area (Å²) in [6.07, 6.45) is 65.1. The van der Waals surface area contributed by atoms with Crippen LogP contribution in [0.2, 0.25) is 0 Å². The minimum absolute atomic E-state index is 0.0727. The average Bonchev–Trinajstić information content (AvgIpc) is 3.29. The number of amides is 1. The number of hydrogen-bond donors (Lipinski definition) is 3. The molecule has 0 heterocycles. The third-order valence-corrected chi connectivity index (χ3v) is 11.8. The van der Waals surface area contributed by atoms with Crippen LogP contribution in [0, 0.1) is 0 Å². The van der Waals surface area contributed by atoms with Crippen molar-refractivity contribution in [2.45, 2.75) is 225 Å². The third-order valence-electron chi connectivity index (χ3n) is 10.8. The highest BCUT2D eigenvalue weighted by Crippen LogP contribution is 2.42. The monoisotopic (exact) mass is 930 g/mol. The lowest BCUT2D eigenvalue weighted by atomic mass is 10.0. The van der Waals surface area contributed by atoms with Gasteiger partial charge in [0.2, 0.25) is 5.91 Å². The Morgan fingerprint density at radius 1 is 0.477 bits per heavy atom. The number of nitrogens with one attached hydrogen (secondary N) is 1. The zero-order valence-corrected chi connectivity index (χ0v) is 42.3. The summed E-state index contributed by atoms with van der Waals surface area (Å²) in [4.78, 5) is 34.1. The van der Waals surface area contributed by atoms with Crippen LogP contribution < -0.4 is 5.32 Å². The molecule has 0 aromatic heterocycles. The normalized spacial score (nSPS) is 13.8. The third kappa shape index (κ3) is 52.0. The Hall–Kier alpha value is -2.81. The van der Waals surface area contributed by atoms with Gasteiger partial charge >= 0.3 is 13.8 Å². The Balaban J connectivity index is 3.62. The predicted molar refractivity (Wildman–Crippen MR) is 275 cm³/mol. The lowest BCUT2D eigenvalue weighted by molar-refractivity contribution is -0.147. The molecule has 10 heteroatoms. The molecule has 3 N–H and O–H groups in total. The molecule has 0 radical (unpaired) electrons. The lowest BCUT2D eigenvalue weighted by Crippen LogP contribution is -2.27. The molecule has 0 aliphatic rings. The van der Waals surface area contributed by atoms with E-state index in [2.05, 4.69) is 104 Å². The molecule has 0 spiro atoms. The second-order valence-corrected chi connectivity index (χ2v) is 18.6. The first-order valence-corrected chi connectivity index (χ1v) is 27.6. The number of phosphoric ester groups is 1. The Kier molecular flexibility index (Phi) is 48.4. The number of carbonyl (C=O) groups is 2. The van der Waals surface area contributed by atoms with E-state index < -0.39 is 26.5 Å². The van der Waals surface area contributed by atoms with Crippen LogP contribution in [0.3, 0.4) is 0 Å². The van der Waals surface area contributed by atoms with Gasteiger partial charge in [-0.05, 0) is 96.3 Å². The van der Waals surface area contributed by atoms with E-state index >= 15 is 0 Å². The molecule has 0 fully saturated rings. The Labute approximate surface area is 398 Å². The van der Waals surface area contributed by atoms with Gasteiger partial charge in [0.1, 0.15) is 12.7 Å². The molecule has 0 saturated carbocycles. The molecule has 0 bridgehead atoms. The number of aliphatic hydroxyl groups excluding tert-OH is 1. The van der Waals surface area contributed by atoms with Crippen molar-refractivity contribution in [3.63, 3.8) is 0 Å². The first-order chi connectivity index (χ1) is 31.8. The number of carbonyl (C=O) groups excluding carboxylic acids is 2. The quantitative estimate of drug-likeness (QED) is 0.0238. The fraction of sp³-hybridized carbons (Fsp3) is 0.709. The van der Waals surface area contributed by atoms with Gasteiger partial charge in [-0.2, -0.15) is 0 Å². The molecule has 65 heavy (non-hydrogen) atoms. The van der Waals surface area contributed by atoms with Crippen molar-refractivity contribution >= 4 is 19.7 Å². The number of hydrogen-bond acceptors (Lipinski definition) is 7. The molecule has 0 rings (SSSR count). The zero-order chi connectivity index (χ0) is 47.4. The van der Waals surface area contributed by atoms with Crippen LogP contribution in [0.4, 0.5) is 0 Å². The molecule has 0 aromatic carbocycles. The van der Waals surface area contributed by atoms with Crippen molar-refractivity contribution in [1.29, 1.82) is 0 Å². The van der Waals surface area contributed by atoms with Crippen LogP contribution in [0.5, 0.6) is 0 Å². The largest absolute Gasteiger partial charge is 0.472 e. The van der Waals surface area contributed by atoms with Crippen LogP contribution >= 0.6 is 7.82 Å². The van der Waals surface area contributed by atoms with Gasteiger partial charge in [-0.25, -0.2) is 4.57 Å². The van der Waals surface area contributed by atoms with E-state index in [1.54, 1.807) is 0 Å². The molecular formula is C55H96NO8P. The first-order valence-electron chi connectivity index (χ1n) is 26.1. The summed E-state index contributed by atoms with van der Waals surface area (Å²) < 4.78 is 27.0. The minimum Gasteiger partial charge on any atom is -0.463 e. The summed E-state index contributed by atoms with van der Waals surface area (Å²) in [5.41, 5.74) is 0. The van der Waals surface area contributed by atoms with Crippen molar-refractivity contribution in [3.8, 4) is 0 Å². The zero-order valence-electron chi connectivity index (χ0n) is 41.4. The molecule has 2 unspecified atom stereocenters. The number of allylic oxidation sites excluding steroid dienone is 14. The smallest absolute Gasteiger partial charge is 0.463 e. The number of aliphatic hydroxyl groups is 1. The van der Waals surface area contributed by atoms with Crippen LogP contribution in [-0.2, 0) is 27.9 Å². The molecule has 1 amide bonds. The van der Waals surface area contributed by atoms with Crippen LogP contribution in [0.25, 0.3) is 0 Å². The summed E-state index contributed by atoms with van der Waals surface area (Å²) in [5.74, 6) is -0.541. The molecule has 0 aromatic rings. The standard InChI is InChI=1S/C55H96NO8P/c1-3-5-7-9-11-13-15-17-19-21-23-25-26-28-29-31-33-35-37-39-41-43-45-47-54(58)56-49-50-63-65(60,61)64-52-53(57)51-62-55(59)48-46-44-42-40-38-36-34-32-30-27-24-22-20-18-16-14-12-10-8-6-4-2/h11-14,17-20,23-25,27,32,34,53,57H,3-10,15-16,21-22,26,28-31,33,35-52H2,1-2H3,(H,56,58)(H,60,61)/b13-11-,14-12-,19-17-,20-18-,25-23-,27-24-,34-32-. The molecule has 374 valence electrons. The van der Waals surface area contributed by atoms with Gasteiger partial charge in [0, 0.05) is 19.4 Å². The fourth-order valence-electron chi connectivity index (χ4n) is 6.84. The number of unbranched alkanes of at least 4 members (excludes halogenated alkanes) is 21. The minimum atomic E-state index is -4.43. The Morgan fingerprint density at radius 2 is 0.831 bits per heavy atom. The van der Waals surface area contributed by atoms with Gasteiger partial charge < -0.3 is 20.1 Å². The fourth-order valence-corrected chi connectivity index (χ4v) is 7.60. The van der Waals surface area contributed by atoms with Crippen molar-refractivity contribution in [2.24, 2.45) is 0 Å². The van der Waals surface area contributed by atoms with E-state index in [4.69, 9.17) is 13.8 Å². The van der Waals surface area contributed by atoms with E-state index in [1.807, 2.05) is 0 Å². The van der Waals surface area contributed by atoms with E-state index in [0.29, 0.717) is 12.8 Å². The summed E-state index contributed by atoms with van der Waals surface area (Å²) in [6, 6.07) is 0. The number of esters is 1. The van der Waals surface area contributed by atoms with Crippen molar-refractivity contribution in [1.82, 2.24) is 5.32 Å². The summed E-state index contributed by atoms with van der Waals surface area (Å²) >= 11 is 0. The van der Waals surface area contributed by atoms with Crippen LogP contribution in [0.1, 0.15) is 219 Å². The molecular weight excluding hydrogens is 834 g/mol. The van der Waals surface area contributed by atoms with Gasteiger partial charge in [0.05, 0.1) is 13.2 Å². The average molecular weight is 930 g/mol. The second kappa shape index (κ2) is 50.6. The number of phosphoric acid groups is 1. The molecule has 9 nitrogen and oxygen atoms in total. The number of rotatable bonds is 48. The van der Waals surface area contributed by atoms with Crippen LogP contribution in [0.15, 0.2) is 85.1 Å². The van der Waals surface area contributed by atoms with Gasteiger partial charge in [-0.1, -0.05) is 195 Å². The maximum absolute atomic E-state index is 12.2. The highest BCUT2D eigenvalue weighted by molar-refractivity contribution is 7.47. The Morgan fingerprint density at radius 3 is 1.25 bits per heavy atom. The van der Waals surface area contributed by atoms with E-state index in [0.717, 1.165) is 83.5 Å². The van der Waals surface area contributed by atoms with E-state index in [-0.39, 0.29) is 32.1 Å². The second-order valence-electron chi connectivity index (χ2n) is 17.1.